The van der Waals surface area contributed by atoms with Crippen LogP contribution in [0.15, 0.2) is 17.6 Å². The van der Waals surface area contributed by atoms with E-state index in [1.807, 2.05) is 11.4 Å². The number of rotatable bonds is 5. The van der Waals surface area contributed by atoms with Crippen molar-refractivity contribution >= 4 is 42.8 Å². The molecule has 2 heterocycles. The second-order valence-corrected chi connectivity index (χ2v) is 9.75. The fraction of sp³-hybridized carbons (Fsp3) is 0.562. The van der Waals surface area contributed by atoms with Crippen molar-refractivity contribution in [1.82, 2.24) is 4.98 Å². The summed E-state index contributed by atoms with van der Waals surface area (Å²) in [5, 5.41) is 5.65. The van der Waals surface area contributed by atoms with Gasteiger partial charge in [-0.15, -0.1) is 11.3 Å². The molecule has 0 radical (unpaired) electrons. The number of thiophene rings is 1. The largest absolute Gasteiger partial charge is 0.396 e. The monoisotopic (exact) mass is 353 g/mol. The molecule has 3 rings (SSSR count). The minimum atomic E-state index is -2.98. The van der Waals surface area contributed by atoms with E-state index in [4.69, 9.17) is 5.73 Å². The molecule has 7 heteroatoms. The molecule has 2 aromatic rings. The molecule has 0 spiro atoms. The van der Waals surface area contributed by atoms with Gasteiger partial charge in [-0.05, 0) is 30.7 Å². The standard InChI is InChI=1S/C16H23N3O2S2/c1-23(20,21)10-8-16(6-3-2-4-7-16)19-14-12(17)11-18-13-5-9-22-15(13)14/h5,9,11H,2-4,6-8,10,17H2,1H3,(H,18,19). The summed E-state index contributed by atoms with van der Waals surface area (Å²) in [6.45, 7) is 0. The van der Waals surface area contributed by atoms with Gasteiger partial charge in [-0.25, -0.2) is 8.42 Å². The molecule has 0 saturated heterocycles. The molecule has 0 amide bonds. The lowest BCUT2D eigenvalue weighted by Gasteiger charge is -2.39. The Hall–Kier alpha value is -1.34. The Morgan fingerprint density at radius 2 is 2.09 bits per heavy atom. The van der Waals surface area contributed by atoms with Crippen molar-refractivity contribution in [3.63, 3.8) is 0 Å². The Labute approximate surface area is 141 Å². The number of hydrogen-bond acceptors (Lipinski definition) is 6. The number of pyridine rings is 1. The Morgan fingerprint density at radius 1 is 1.35 bits per heavy atom. The maximum Gasteiger partial charge on any atom is 0.147 e. The summed E-state index contributed by atoms with van der Waals surface area (Å²) in [7, 11) is -2.98. The first-order chi connectivity index (χ1) is 10.9. The Morgan fingerprint density at radius 3 is 2.78 bits per heavy atom. The zero-order valence-electron chi connectivity index (χ0n) is 13.3. The van der Waals surface area contributed by atoms with Crippen molar-refractivity contribution < 1.29 is 8.42 Å². The van der Waals surface area contributed by atoms with E-state index in [0.29, 0.717) is 12.1 Å². The van der Waals surface area contributed by atoms with Gasteiger partial charge in [-0.3, -0.25) is 4.98 Å². The van der Waals surface area contributed by atoms with Gasteiger partial charge >= 0.3 is 0 Å². The molecule has 2 aromatic heterocycles. The third-order valence-electron chi connectivity index (χ3n) is 4.66. The summed E-state index contributed by atoms with van der Waals surface area (Å²) in [4.78, 5) is 4.35. The number of sulfone groups is 1. The molecule has 23 heavy (non-hydrogen) atoms. The van der Waals surface area contributed by atoms with Gasteiger partial charge in [0.05, 0.1) is 33.5 Å². The van der Waals surface area contributed by atoms with Crippen LogP contribution in [-0.4, -0.2) is 30.9 Å². The Kier molecular flexibility index (Phi) is 4.51. The van der Waals surface area contributed by atoms with E-state index in [9.17, 15) is 8.42 Å². The van der Waals surface area contributed by atoms with Crippen LogP contribution in [0.1, 0.15) is 38.5 Å². The fourth-order valence-electron chi connectivity index (χ4n) is 3.37. The van der Waals surface area contributed by atoms with Gasteiger partial charge in [0.15, 0.2) is 0 Å². The van der Waals surface area contributed by atoms with Gasteiger partial charge in [0.25, 0.3) is 0 Å². The number of nitrogens with zero attached hydrogens (tertiary/aromatic N) is 1. The minimum absolute atomic E-state index is 0.187. The SMILES string of the molecule is CS(=O)(=O)CCC1(Nc2c(N)cnc3ccsc23)CCCCC1. The normalized spacial score (nSPS) is 18.1. The first kappa shape index (κ1) is 16.5. The first-order valence-electron chi connectivity index (χ1n) is 7.96. The molecule has 1 saturated carbocycles. The second kappa shape index (κ2) is 6.28. The van der Waals surface area contributed by atoms with Gasteiger partial charge in [0.2, 0.25) is 0 Å². The predicted molar refractivity (Wildman–Crippen MR) is 97.8 cm³/mol. The first-order valence-corrected chi connectivity index (χ1v) is 10.9. The van der Waals surface area contributed by atoms with Crippen LogP contribution < -0.4 is 11.1 Å². The molecular weight excluding hydrogens is 330 g/mol. The molecule has 0 bridgehead atoms. The van der Waals surface area contributed by atoms with Gasteiger partial charge < -0.3 is 11.1 Å². The van der Waals surface area contributed by atoms with Gasteiger partial charge in [-0.2, -0.15) is 0 Å². The van der Waals surface area contributed by atoms with Crippen LogP contribution in [0.25, 0.3) is 10.2 Å². The lowest BCUT2D eigenvalue weighted by molar-refractivity contribution is 0.315. The average molecular weight is 354 g/mol. The molecule has 1 aliphatic carbocycles. The van der Waals surface area contributed by atoms with Crippen LogP contribution >= 0.6 is 11.3 Å². The lowest BCUT2D eigenvalue weighted by Crippen LogP contribution is -2.42. The molecule has 0 aromatic carbocycles. The Balaban J connectivity index is 1.93. The van der Waals surface area contributed by atoms with Crippen LogP contribution in [0.4, 0.5) is 11.4 Å². The number of aromatic nitrogens is 1. The predicted octanol–water partition coefficient (Wildman–Crippen LogP) is 3.43. The van der Waals surface area contributed by atoms with Crippen molar-refractivity contribution in [2.45, 2.75) is 44.1 Å². The lowest BCUT2D eigenvalue weighted by atomic mass is 9.79. The van der Waals surface area contributed by atoms with Crippen molar-refractivity contribution in [2.75, 3.05) is 23.1 Å². The Bertz CT molecular complexity index is 793. The van der Waals surface area contributed by atoms with E-state index >= 15 is 0 Å². The number of hydrogen-bond donors (Lipinski definition) is 2. The van der Waals surface area contributed by atoms with Crippen molar-refractivity contribution in [3.05, 3.63) is 17.6 Å². The molecule has 1 fully saturated rings. The molecular formula is C16H23N3O2S2. The maximum atomic E-state index is 11.6. The molecule has 126 valence electrons. The highest BCUT2D eigenvalue weighted by Gasteiger charge is 2.33. The fourth-order valence-corrected chi connectivity index (χ4v) is 4.99. The highest BCUT2D eigenvalue weighted by Crippen LogP contribution is 2.40. The summed E-state index contributed by atoms with van der Waals surface area (Å²) in [5.74, 6) is 0.207. The number of nitrogens with one attached hydrogen (secondary N) is 1. The highest BCUT2D eigenvalue weighted by molar-refractivity contribution is 7.90. The third-order valence-corrected chi connectivity index (χ3v) is 6.52. The van der Waals surface area contributed by atoms with E-state index in [1.165, 1.54) is 12.7 Å². The summed E-state index contributed by atoms with van der Waals surface area (Å²) >= 11 is 1.62. The zero-order valence-corrected chi connectivity index (χ0v) is 15.0. The van der Waals surface area contributed by atoms with Crippen molar-refractivity contribution in [3.8, 4) is 0 Å². The van der Waals surface area contributed by atoms with Crippen LogP contribution in [0.3, 0.4) is 0 Å². The highest BCUT2D eigenvalue weighted by atomic mass is 32.2. The summed E-state index contributed by atoms with van der Waals surface area (Å²) in [5.41, 5.74) is 8.46. The molecule has 0 unspecified atom stereocenters. The number of anilines is 2. The maximum absolute atomic E-state index is 11.6. The third kappa shape index (κ3) is 3.77. The van der Waals surface area contributed by atoms with E-state index in [-0.39, 0.29) is 11.3 Å². The van der Waals surface area contributed by atoms with Gasteiger partial charge in [0, 0.05) is 11.8 Å². The summed E-state index contributed by atoms with van der Waals surface area (Å²) in [6.07, 6.45) is 9.04. The molecule has 1 aliphatic rings. The van der Waals surface area contributed by atoms with E-state index < -0.39 is 9.84 Å². The van der Waals surface area contributed by atoms with Crippen LogP contribution in [0.5, 0.6) is 0 Å². The van der Waals surface area contributed by atoms with Gasteiger partial charge in [-0.1, -0.05) is 19.3 Å². The molecule has 0 aliphatic heterocycles. The van der Waals surface area contributed by atoms with Crippen molar-refractivity contribution in [2.24, 2.45) is 0 Å². The second-order valence-electron chi connectivity index (χ2n) is 6.57. The quantitative estimate of drug-likeness (QED) is 0.860. The van der Waals surface area contributed by atoms with Gasteiger partial charge in [0.1, 0.15) is 9.84 Å². The average Bonchev–Trinajstić information content (AvgIpc) is 2.98. The summed E-state index contributed by atoms with van der Waals surface area (Å²) in [6, 6.07) is 1.98. The number of fused-ring (bicyclic) bond motifs is 1. The number of nitrogens with two attached hydrogens (primary N) is 1. The molecule has 0 atom stereocenters. The molecule has 3 N–H and O–H groups in total. The van der Waals surface area contributed by atoms with E-state index in [0.717, 1.165) is 41.6 Å². The zero-order chi connectivity index (χ0) is 16.5. The topological polar surface area (TPSA) is 85.1 Å². The van der Waals surface area contributed by atoms with E-state index in [2.05, 4.69) is 10.3 Å². The summed E-state index contributed by atoms with van der Waals surface area (Å²) < 4.78 is 24.3. The number of nitrogen functional groups attached to an aromatic ring is 1. The molecule has 5 nitrogen and oxygen atoms in total. The van der Waals surface area contributed by atoms with E-state index in [1.54, 1.807) is 17.5 Å². The minimum Gasteiger partial charge on any atom is -0.396 e. The van der Waals surface area contributed by atoms with Crippen LogP contribution in [0.2, 0.25) is 0 Å². The smallest absolute Gasteiger partial charge is 0.147 e. The van der Waals surface area contributed by atoms with Crippen LogP contribution in [-0.2, 0) is 9.84 Å². The van der Waals surface area contributed by atoms with Crippen molar-refractivity contribution in [1.29, 1.82) is 0 Å². The van der Waals surface area contributed by atoms with Crippen LogP contribution in [0, 0.1) is 0 Å².